The van der Waals surface area contributed by atoms with Crippen molar-refractivity contribution in [1.29, 1.82) is 0 Å². The first-order valence-corrected chi connectivity index (χ1v) is 7.31. The second-order valence-electron chi connectivity index (χ2n) is 4.28. The highest BCUT2D eigenvalue weighted by Gasteiger charge is 2.23. The van der Waals surface area contributed by atoms with E-state index in [0.717, 1.165) is 25.5 Å². The maximum absolute atomic E-state index is 13.3. The van der Waals surface area contributed by atoms with E-state index < -0.39 is 21.7 Å². The minimum atomic E-state index is -3.68. The molecule has 0 spiro atoms. The zero-order valence-electron chi connectivity index (χ0n) is 9.62. The van der Waals surface area contributed by atoms with Crippen molar-refractivity contribution in [2.45, 2.75) is 18.9 Å². The lowest BCUT2D eigenvalue weighted by molar-refractivity contribution is 0.511. The summed E-state index contributed by atoms with van der Waals surface area (Å²) in [4.78, 5) is 0. The molecule has 0 radical (unpaired) electrons. The zero-order chi connectivity index (χ0) is 13.2. The molecule has 1 heterocycles. The summed E-state index contributed by atoms with van der Waals surface area (Å²) in [7, 11) is -3.68. The standard InChI is InChI=1S/C11H14F2N2O2S/c12-9-4-1-5-10(11(9)13)15-18(16,17)7-8-3-2-6-14-8/h1,4-5,8,14-15H,2-3,6-7H2. The molecule has 1 unspecified atom stereocenters. The van der Waals surface area contributed by atoms with E-state index in [9.17, 15) is 17.2 Å². The van der Waals surface area contributed by atoms with Gasteiger partial charge in [0.05, 0.1) is 11.4 Å². The number of anilines is 1. The SMILES string of the molecule is O=S(=O)(CC1CCCN1)Nc1cccc(F)c1F. The fourth-order valence-electron chi connectivity index (χ4n) is 1.96. The van der Waals surface area contributed by atoms with E-state index in [1.54, 1.807) is 0 Å². The average molecular weight is 276 g/mol. The summed E-state index contributed by atoms with van der Waals surface area (Å²) in [6.45, 7) is 0.786. The molecular formula is C11H14F2N2O2S. The van der Waals surface area contributed by atoms with Gasteiger partial charge >= 0.3 is 0 Å². The Morgan fingerprint density at radius 1 is 1.39 bits per heavy atom. The van der Waals surface area contributed by atoms with Crippen LogP contribution in [-0.4, -0.2) is 26.8 Å². The van der Waals surface area contributed by atoms with E-state index in [-0.39, 0.29) is 17.5 Å². The third-order valence-corrected chi connectivity index (χ3v) is 4.17. The average Bonchev–Trinajstić information content (AvgIpc) is 2.76. The summed E-state index contributed by atoms with van der Waals surface area (Å²) in [6, 6.07) is 3.26. The van der Waals surface area contributed by atoms with E-state index in [0.29, 0.717) is 0 Å². The Morgan fingerprint density at radius 3 is 2.83 bits per heavy atom. The Kier molecular flexibility index (Phi) is 3.82. The van der Waals surface area contributed by atoms with Crippen LogP contribution in [0.5, 0.6) is 0 Å². The Hall–Kier alpha value is -1.21. The number of sulfonamides is 1. The Balaban J connectivity index is 2.09. The Labute approximate surface area is 104 Å². The highest BCUT2D eigenvalue weighted by Crippen LogP contribution is 2.18. The second kappa shape index (κ2) is 5.19. The topological polar surface area (TPSA) is 58.2 Å². The van der Waals surface area contributed by atoms with Gasteiger partial charge in [0.25, 0.3) is 0 Å². The lowest BCUT2D eigenvalue weighted by Gasteiger charge is -2.13. The lowest BCUT2D eigenvalue weighted by atomic mass is 10.3. The molecule has 1 fully saturated rings. The van der Waals surface area contributed by atoms with Gasteiger partial charge in [0.1, 0.15) is 0 Å². The molecule has 0 saturated carbocycles. The van der Waals surface area contributed by atoms with Crippen LogP contribution in [0.15, 0.2) is 18.2 Å². The lowest BCUT2D eigenvalue weighted by Crippen LogP contribution is -2.33. The molecule has 1 saturated heterocycles. The molecule has 1 aliphatic rings. The number of hydrogen-bond donors (Lipinski definition) is 2. The highest BCUT2D eigenvalue weighted by molar-refractivity contribution is 7.92. The Morgan fingerprint density at radius 2 is 2.17 bits per heavy atom. The first-order valence-electron chi connectivity index (χ1n) is 5.66. The molecule has 2 N–H and O–H groups in total. The van der Waals surface area contributed by atoms with E-state index in [1.165, 1.54) is 12.1 Å². The number of nitrogens with one attached hydrogen (secondary N) is 2. The van der Waals surface area contributed by atoms with Crippen molar-refractivity contribution in [2.24, 2.45) is 0 Å². The molecule has 1 aliphatic heterocycles. The van der Waals surface area contributed by atoms with Crippen molar-refractivity contribution in [3.63, 3.8) is 0 Å². The second-order valence-corrected chi connectivity index (χ2v) is 6.05. The van der Waals surface area contributed by atoms with Crippen molar-refractivity contribution < 1.29 is 17.2 Å². The monoisotopic (exact) mass is 276 g/mol. The van der Waals surface area contributed by atoms with Crippen LogP contribution in [0.2, 0.25) is 0 Å². The first kappa shape index (κ1) is 13.2. The molecule has 0 aromatic heterocycles. The molecule has 1 atom stereocenters. The van der Waals surface area contributed by atoms with Crippen LogP contribution in [0.4, 0.5) is 14.5 Å². The van der Waals surface area contributed by atoms with E-state index in [1.807, 2.05) is 0 Å². The molecule has 0 bridgehead atoms. The van der Waals surface area contributed by atoms with Gasteiger partial charge in [0.15, 0.2) is 11.6 Å². The molecule has 100 valence electrons. The van der Waals surface area contributed by atoms with Crippen molar-refractivity contribution in [3.05, 3.63) is 29.8 Å². The van der Waals surface area contributed by atoms with Crippen LogP contribution < -0.4 is 10.0 Å². The van der Waals surface area contributed by atoms with Crippen molar-refractivity contribution in [1.82, 2.24) is 5.32 Å². The van der Waals surface area contributed by atoms with Gasteiger partial charge < -0.3 is 5.32 Å². The molecule has 1 aromatic carbocycles. The summed E-state index contributed by atoms with van der Waals surface area (Å²) in [5.74, 6) is -2.39. The number of halogens is 2. The largest absolute Gasteiger partial charge is 0.313 e. The first-order chi connectivity index (χ1) is 8.48. The van der Waals surface area contributed by atoms with Gasteiger partial charge in [-0.3, -0.25) is 4.72 Å². The number of hydrogen-bond acceptors (Lipinski definition) is 3. The molecule has 7 heteroatoms. The van der Waals surface area contributed by atoms with Crippen molar-refractivity contribution in [2.75, 3.05) is 17.0 Å². The summed E-state index contributed by atoms with van der Waals surface area (Å²) in [5.41, 5.74) is -0.354. The number of rotatable bonds is 4. The normalized spacial score (nSPS) is 20.0. The van der Waals surface area contributed by atoms with Gasteiger partial charge in [0.2, 0.25) is 10.0 Å². The van der Waals surface area contributed by atoms with Gasteiger partial charge in [-0.05, 0) is 31.5 Å². The van der Waals surface area contributed by atoms with Gasteiger partial charge in [-0.1, -0.05) is 6.07 Å². The minimum absolute atomic E-state index is 0.126. The van der Waals surface area contributed by atoms with Crippen LogP contribution >= 0.6 is 0 Å². The van der Waals surface area contributed by atoms with Gasteiger partial charge in [-0.15, -0.1) is 0 Å². The quantitative estimate of drug-likeness (QED) is 0.875. The minimum Gasteiger partial charge on any atom is -0.313 e. The van der Waals surface area contributed by atoms with Gasteiger partial charge in [-0.25, -0.2) is 17.2 Å². The van der Waals surface area contributed by atoms with Gasteiger partial charge in [0, 0.05) is 6.04 Å². The van der Waals surface area contributed by atoms with E-state index >= 15 is 0 Å². The third-order valence-electron chi connectivity index (χ3n) is 2.80. The molecule has 1 aromatic rings. The predicted octanol–water partition coefficient (Wildman–Crippen LogP) is 1.46. The fraction of sp³-hybridized carbons (Fsp3) is 0.455. The molecule has 4 nitrogen and oxygen atoms in total. The number of benzene rings is 1. The molecule has 0 aliphatic carbocycles. The van der Waals surface area contributed by atoms with Crippen molar-refractivity contribution in [3.8, 4) is 0 Å². The van der Waals surface area contributed by atoms with Crippen LogP contribution in [-0.2, 0) is 10.0 Å². The predicted molar refractivity (Wildman–Crippen MR) is 64.8 cm³/mol. The molecular weight excluding hydrogens is 262 g/mol. The molecule has 0 amide bonds. The van der Waals surface area contributed by atoms with E-state index in [4.69, 9.17) is 0 Å². The summed E-state index contributed by atoms with van der Waals surface area (Å²) in [6.07, 6.45) is 1.70. The van der Waals surface area contributed by atoms with E-state index in [2.05, 4.69) is 10.0 Å². The summed E-state index contributed by atoms with van der Waals surface area (Å²) >= 11 is 0. The Bertz CT molecular complexity index is 528. The van der Waals surface area contributed by atoms with Gasteiger partial charge in [-0.2, -0.15) is 0 Å². The molecule has 18 heavy (non-hydrogen) atoms. The summed E-state index contributed by atoms with van der Waals surface area (Å²) in [5, 5.41) is 3.04. The zero-order valence-corrected chi connectivity index (χ0v) is 10.4. The maximum atomic E-state index is 13.3. The highest BCUT2D eigenvalue weighted by atomic mass is 32.2. The van der Waals surface area contributed by atoms with Crippen LogP contribution in [0, 0.1) is 11.6 Å². The third kappa shape index (κ3) is 3.17. The smallest absolute Gasteiger partial charge is 0.234 e. The summed E-state index contributed by atoms with van der Waals surface area (Å²) < 4.78 is 51.9. The maximum Gasteiger partial charge on any atom is 0.234 e. The van der Waals surface area contributed by atoms with Crippen molar-refractivity contribution >= 4 is 15.7 Å². The van der Waals surface area contributed by atoms with Crippen LogP contribution in [0.25, 0.3) is 0 Å². The van der Waals surface area contributed by atoms with Crippen LogP contribution in [0.3, 0.4) is 0 Å². The molecule has 2 rings (SSSR count). The van der Waals surface area contributed by atoms with Crippen LogP contribution in [0.1, 0.15) is 12.8 Å². The fourth-order valence-corrected chi connectivity index (χ4v) is 3.35.